The highest BCUT2D eigenvalue weighted by Crippen LogP contribution is 2.21. The molecule has 2 nitrogen and oxygen atoms in total. The van der Waals surface area contributed by atoms with E-state index in [-0.39, 0.29) is 18.1 Å². The Balaban J connectivity index is 1.97. The summed E-state index contributed by atoms with van der Waals surface area (Å²) >= 11 is 0. The second-order valence-electron chi connectivity index (χ2n) is 5.24. The quantitative estimate of drug-likeness (QED) is 0.849. The van der Waals surface area contributed by atoms with Crippen molar-refractivity contribution >= 4 is 11.5 Å². The van der Waals surface area contributed by atoms with Crippen molar-refractivity contribution in [3.63, 3.8) is 0 Å². The van der Waals surface area contributed by atoms with E-state index in [0.717, 1.165) is 17.7 Å². The number of carbonyl (C=O) groups is 1. The summed E-state index contributed by atoms with van der Waals surface area (Å²) in [6, 6.07) is 10.9. The van der Waals surface area contributed by atoms with Gasteiger partial charge in [0.15, 0.2) is 11.6 Å². The second kappa shape index (κ2) is 6.48. The van der Waals surface area contributed by atoms with Crippen molar-refractivity contribution in [2.45, 2.75) is 25.7 Å². The minimum atomic E-state index is -0.924. The normalized spacial score (nSPS) is 12.1. The van der Waals surface area contributed by atoms with E-state index in [1.807, 2.05) is 19.1 Å². The Morgan fingerprint density at radius 2 is 1.76 bits per heavy atom. The van der Waals surface area contributed by atoms with Gasteiger partial charge in [-0.1, -0.05) is 25.1 Å². The molecule has 0 heterocycles. The van der Waals surface area contributed by atoms with Gasteiger partial charge >= 0.3 is 0 Å². The lowest BCUT2D eigenvalue weighted by atomic mass is 9.93. The number of carbonyl (C=O) groups excluding carboxylic acids is 1. The lowest BCUT2D eigenvalue weighted by molar-refractivity contribution is -0.118. The summed E-state index contributed by atoms with van der Waals surface area (Å²) in [6.07, 6.45) is 0.458. The van der Waals surface area contributed by atoms with Gasteiger partial charge in [-0.3, -0.25) is 4.79 Å². The predicted molar refractivity (Wildman–Crippen MR) is 79.0 cm³/mol. The van der Waals surface area contributed by atoms with Crippen molar-refractivity contribution in [1.29, 1.82) is 0 Å². The minimum absolute atomic E-state index is 0.00895. The first kappa shape index (κ1) is 15.2. The minimum Gasteiger partial charge on any atom is -0.399 e. The molecule has 110 valence electrons. The number of hydrogen-bond acceptors (Lipinski definition) is 2. The van der Waals surface area contributed by atoms with Gasteiger partial charge in [0, 0.05) is 18.5 Å². The number of hydrogen-bond donors (Lipinski definition) is 1. The summed E-state index contributed by atoms with van der Waals surface area (Å²) in [4.78, 5) is 12.0. The SMILES string of the molecule is CC(CC(=O)Cc1ccc(F)c(F)c1)c1ccc(N)cc1. The van der Waals surface area contributed by atoms with Gasteiger partial charge in [-0.2, -0.15) is 0 Å². The van der Waals surface area contributed by atoms with Gasteiger partial charge in [0.05, 0.1) is 0 Å². The smallest absolute Gasteiger partial charge is 0.159 e. The van der Waals surface area contributed by atoms with E-state index in [4.69, 9.17) is 5.73 Å². The van der Waals surface area contributed by atoms with Crippen molar-refractivity contribution < 1.29 is 13.6 Å². The Bertz CT molecular complexity index is 638. The molecule has 0 spiro atoms. The average Bonchev–Trinajstić information content (AvgIpc) is 2.43. The molecule has 0 aliphatic carbocycles. The highest BCUT2D eigenvalue weighted by atomic mass is 19.2. The van der Waals surface area contributed by atoms with Crippen LogP contribution in [-0.2, 0) is 11.2 Å². The molecule has 1 unspecified atom stereocenters. The summed E-state index contributed by atoms with van der Waals surface area (Å²) in [5, 5.41) is 0. The molecule has 0 fully saturated rings. The zero-order chi connectivity index (χ0) is 15.4. The first-order chi connectivity index (χ1) is 9.95. The first-order valence-corrected chi connectivity index (χ1v) is 6.77. The average molecular weight is 289 g/mol. The van der Waals surface area contributed by atoms with Crippen LogP contribution in [0.25, 0.3) is 0 Å². The zero-order valence-electron chi connectivity index (χ0n) is 11.8. The van der Waals surface area contributed by atoms with Crippen LogP contribution in [0, 0.1) is 11.6 Å². The first-order valence-electron chi connectivity index (χ1n) is 6.77. The van der Waals surface area contributed by atoms with E-state index in [0.29, 0.717) is 17.7 Å². The fourth-order valence-corrected chi connectivity index (χ4v) is 2.23. The van der Waals surface area contributed by atoms with Crippen LogP contribution in [0.4, 0.5) is 14.5 Å². The number of nitrogen functional groups attached to an aromatic ring is 1. The fraction of sp³-hybridized carbons (Fsp3) is 0.235. The van der Waals surface area contributed by atoms with Gasteiger partial charge in [-0.05, 0) is 41.3 Å². The summed E-state index contributed by atoms with van der Waals surface area (Å²) in [7, 11) is 0. The third-order valence-electron chi connectivity index (χ3n) is 3.42. The molecule has 21 heavy (non-hydrogen) atoms. The van der Waals surface area contributed by atoms with Crippen LogP contribution in [0.2, 0.25) is 0 Å². The van der Waals surface area contributed by atoms with Crippen molar-refractivity contribution in [2.75, 3.05) is 5.73 Å². The lowest BCUT2D eigenvalue weighted by Crippen LogP contribution is -2.08. The third-order valence-corrected chi connectivity index (χ3v) is 3.42. The maximum Gasteiger partial charge on any atom is 0.159 e. The molecule has 0 amide bonds. The predicted octanol–water partition coefficient (Wildman–Crippen LogP) is 3.85. The van der Waals surface area contributed by atoms with Gasteiger partial charge in [0.2, 0.25) is 0 Å². The number of Topliss-reactive ketones (excluding diaryl/α,β-unsaturated/α-hetero) is 1. The summed E-state index contributed by atoms with van der Waals surface area (Å²) in [6.45, 7) is 1.95. The number of nitrogens with two attached hydrogens (primary N) is 1. The molecule has 0 aliphatic heterocycles. The van der Waals surface area contributed by atoms with E-state index < -0.39 is 11.6 Å². The van der Waals surface area contributed by atoms with Gasteiger partial charge in [-0.25, -0.2) is 8.78 Å². The zero-order valence-corrected chi connectivity index (χ0v) is 11.8. The molecular weight excluding hydrogens is 272 g/mol. The highest BCUT2D eigenvalue weighted by Gasteiger charge is 2.13. The number of rotatable bonds is 5. The molecule has 0 saturated heterocycles. The number of ketones is 1. The standard InChI is InChI=1S/C17H17F2NO/c1-11(13-3-5-14(20)6-4-13)8-15(21)9-12-2-7-16(18)17(19)10-12/h2-7,10-11H,8-9,20H2,1H3. The molecule has 1 atom stereocenters. The molecule has 2 N–H and O–H groups in total. The van der Waals surface area contributed by atoms with Gasteiger partial charge in [0.1, 0.15) is 5.78 Å². The van der Waals surface area contributed by atoms with E-state index >= 15 is 0 Å². The largest absolute Gasteiger partial charge is 0.399 e. The Morgan fingerprint density at radius 3 is 2.38 bits per heavy atom. The Labute approximate surface area is 122 Å². The molecular formula is C17H17F2NO. The third kappa shape index (κ3) is 4.12. The van der Waals surface area contributed by atoms with Crippen molar-refractivity contribution in [1.82, 2.24) is 0 Å². The Hall–Kier alpha value is -2.23. The van der Waals surface area contributed by atoms with Gasteiger partial charge in [-0.15, -0.1) is 0 Å². The molecule has 2 aromatic carbocycles. The molecule has 0 radical (unpaired) electrons. The summed E-state index contributed by atoms with van der Waals surface area (Å²) < 4.78 is 25.9. The highest BCUT2D eigenvalue weighted by molar-refractivity contribution is 5.81. The van der Waals surface area contributed by atoms with Gasteiger partial charge < -0.3 is 5.73 Å². The maximum absolute atomic E-state index is 13.1. The number of benzene rings is 2. The van der Waals surface area contributed by atoms with Crippen LogP contribution >= 0.6 is 0 Å². The van der Waals surface area contributed by atoms with E-state index in [2.05, 4.69) is 0 Å². The van der Waals surface area contributed by atoms with Crippen LogP contribution in [0.1, 0.15) is 30.4 Å². The monoisotopic (exact) mass is 289 g/mol. The summed E-state index contributed by atoms with van der Waals surface area (Å²) in [5.74, 6) is -1.78. The Morgan fingerprint density at radius 1 is 1.10 bits per heavy atom. The molecule has 0 aliphatic rings. The van der Waals surface area contributed by atoms with Crippen LogP contribution in [0.3, 0.4) is 0 Å². The van der Waals surface area contributed by atoms with Crippen LogP contribution in [0.15, 0.2) is 42.5 Å². The van der Waals surface area contributed by atoms with Gasteiger partial charge in [0.25, 0.3) is 0 Å². The van der Waals surface area contributed by atoms with E-state index in [9.17, 15) is 13.6 Å². The maximum atomic E-state index is 13.1. The topological polar surface area (TPSA) is 43.1 Å². The summed E-state index contributed by atoms with van der Waals surface area (Å²) in [5.41, 5.74) is 7.82. The molecule has 0 saturated carbocycles. The van der Waals surface area contributed by atoms with E-state index in [1.54, 1.807) is 12.1 Å². The molecule has 2 aromatic rings. The van der Waals surface area contributed by atoms with E-state index in [1.165, 1.54) is 6.07 Å². The number of halogens is 2. The van der Waals surface area contributed by atoms with Crippen LogP contribution in [-0.4, -0.2) is 5.78 Å². The molecule has 4 heteroatoms. The van der Waals surface area contributed by atoms with Crippen LogP contribution < -0.4 is 5.73 Å². The Kier molecular flexibility index (Phi) is 4.68. The molecule has 0 bridgehead atoms. The second-order valence-corrected chi connectivity index (χ2v) is 5.24. The lowest BCUT2D eigenvalue weighted by Gasteiger charge is -2.11. The van der Waals surface area contributed by atoms with Crippen molar-refractivity contribution in [3.05, 3.63) is 65.2 Å². The fourth-order valence-electron chi connectivity index (χ4n) is 2.23. The van der Waals surface area contributed by atoms with Crippen LogP contribution in [0.5, 0.6) is 0 Å². The van der Waals surface area contributed by atoms with Crippen molar-refractivity contribution in [2.24, 2.45) is 0 Å². The van der Waals surface area contributed by atoms with Crippen molar-refractivity contribution in [3.8, 4) is 0 Å². The number of anilines is 1. The molecule has 0 aromatic heterocycles. The molecule has 2 rings (SSSR count).